The average molecular weight is 209 g/mol. The highest BCUT2D eigenvalue weighted by atomic mass is 16.7. The number of ether oxygens (including phenoxy) is 1. The molecule has 0 bridgehead atoms. The van der Waals surface area contributed by atoms with Crippen LogP contribution >= 0.6 is 0 Å². The molecule has 0 heterocycles. The fourth-order valence-corrected chi connectivity index (χ4v) is 0.962. The van der Waals surface area contributed by atoms with Crippen molar-refractivity contribution in [3.8, 4) is 5.75 Å². The molecule has 1 rings (SSSR count). The Bertz CT molecular complexity index is 401. The molecule has 0 atom stereocenters. The zero-order valence-electron chi connectivity index (χ0n) is 7.80. The van der Waals surface area contributed by atoms with E-state index in [0.717, 1.165) is 0 Å². The van der Waals surface area contributed by atoms with Crippen LogP contribution in [0.25, 0.3) is 0 Å². The van der Waals surface area contributed by atoms with Crippen molar-refractivity contribution in [1.82, 2.24) is 0 Å². The molecule has 0 unspecified atom stereocenters. The van der Waals surface area contributed by atoms with Gasteiger partial charge < -0.3 is 4.74 Å². The van der Waals surface area contributed by atoms with Crippen molar-refractivity contribution in [2.24, 2.45) is 5.34 Å². The van der Waals surface area contributed by atoms with E-state index in [1.54, 1.807) is 6.07 Å². The van der Waals surface area contributed by atoms with Gasteiger partial charge in [-0.3, -0.25) is 9.63 Å². The minimum absolute atomic E-state index is 0.0265. The van der Waals surface area contributed by atoms with Gasteiger partial charge in [0.05, 0.1) is 0 Å². The molecular formula is C9H7NO5. The summed E-state index contributed by atoms with van der Waals surface area (Å²) in [4.78, 5) is 35.4. The number of carbonyl (C=O) groups excluding carboxylic acids is 2. The molecule has 6 nitrogen and oxygen atoms in total. The van der Waals surface area contributed by atoms with Crippen LogP contribution in [0.4, 0.5) is 0 Å². The van der Waals surface area contributed by atoms with Crippen molar-refractivity contribution in [2.75, 3.05) is 0 Å². The second kappa shape index (κ2) is 4.85. The van der Waals surface area contributed by atoms with E-state index in [0.29, 0.717) is 0 Å². The molecular weight excluding hydrogens is 202 g/mol. The fraction of sp³-hybridized carbons (Fsp3) is 0.111. The lowest BCUT2D eigenvalue weighted by Gasteiger charge is -2.04. The first-order valence-corrected chi connectivity index (χ1v) is 3.96. The SMILES string of the molecule is CC(=O)Oc1ccccc1C(=O)ON=O. The number of hydrogen-bond acceptors (Lipinski definition) is 6. The molecule has 78 valence electrons. The number of benzene rings is 1. The zero-order chi connectivity index (χ0) is 11.3. The number of carbonyl (C=O) groups is 2. The van der Waals surface area contributed by atoms with Gasteiger partial charge in [-0.25, -0.2) is 4.79 Å². The molecule has 0 saturated carbocycles. The van der Waals surface area contributed by atoms with Crippen LogP contribution in [0.15, 0.2) is 29.6 Å². The average Bonchev–Trinajstić information content (AvgIpc) is 2.18. The summed E-state index contributed by atoms with van der Waals surface area (Å²) in [5.74, 6) is -1.52. The Balaban J connectivity index is 3.00. The van der Waals surface area contributed by atoms with Crippen LogP contribution in [0, 0.1) is 4.91 Å². The molecule has 1 aromatic rings. The Morgan fingerprint density at radius 2 is 1.93 bits per heavy atom. The van der Waals surface area contributed by atoms with Gasteiger partial charge in [0.25, 0.3) is 0 Å². The van der Waals surface area contributed by atoms with Crippen molar-refractivity contribution in [2.45, 2.75) is 6.92 Å². The van der Waals surface area contributed by atoms with Crippen LogP contribution in [-0.4, -0.2) is 11.9 Å². The highest BCUT2D eigenvalue weighted by Gasteiger charge is 2.15. The van der Waals surface area contributed by atoms with Gasteiger partial charge in [0.2, 0.25) is 0 Å². The highest BCUT2D eigenvalue weighted by Crippen LogP contribution is 2.19. The highest BCUT2D eigenvalue weighted by molar-refractivity contribution is 5.93. The van der Waals surface area contributed by atoms with Gasteiger partial charge in [0, 0.05) is 6.92 Å². The van der Waals surface area contributed by atoms with Gasteiger partial charge in [-0.1, -0.05) is 12.1 Å². The Morgan fingerprint density at radius 3 is 2.53 bits per heavy atom. The van der Waals surface area contributed by atoms with E-state index in [1.807, 2.05) is 5.34 Å². The first-order chi connectivity index (χ1) is 7.15. The first-order valence-electron chi connectivity index (χ1n) is 3.96. The maximum absolute atomic E-state index is 11.1. The largest absolute Gasteiger partial charge is 0.426 e. The topological polar surface area (TPSA) is 82.0 Å². The lowest BCUT2D eigenvalue weighted by Crippen LogP contribution is -2.08. The molecule has 0 N–H and O–H groups in total. The molecule has 0 fully saturated rings. The summed E-state index contributed by atoms with van der Waals surface area (Å²) in [5.41, 5.74) is -0.0349. The molecule has 0 aromatic heterocycles. The first kappa shape index (κ1) is 10.8. The number of hydrogen-bond donors (Lipinski definition) is 0. The van der Waals surface area contributed by atoms with E-state index in [9.17, 15) is 14.5 Å². The Morgan fingerprint density at radius 1 is 1.27 bits per heavy atom. The quantitative estimate of drug-likeness (QED) is 0.325. The van der Waals surface area contributed by atoms with Gasteiger partial charge >= 0.3 is 11.9 Å². The summed E-state index contributed by atoms with van der Waals surface area (Å²) < 4.78 is 4.73. The van der Waals surface area contributed by atoms with Crippen LogP contribution in [0.1, 0.15) is 17.3 Å². The maximum atomic E-state index is 11.1. The van der Waals surface area contributed by atoms with Crippen molar-refractivity contribution in [1.29, 1.82) is 0 Å². The molecule has 0 aliphatic heterocycles. The van der Waals surface area contributed by atoms with E-state index >= 15 is 0 Å². The van der Waals surface area contributed by atoms with Crippen molar-refractivity contribution < 1.29 is 19.2 Å². The van der Waals surface area contributed by atoms with Crippen LogP contribution in [0.3, 0.4) is 0 Å². The van der Waals surface area contributed by atoms with Crippen molar-refractivity contribution >= 4 is 11.9 Å². The van der Waals surface area contributed by atoms with Crippen molar-refractivity contribution in [3.05, 3.63) is 34.7 Å². The summed E-state index contributed by atoms with van der Waals surface area (Å²) in [5, 5.41) is 1.99. The Labute approximate surface area is 84.7 Å². The molecule has 0 aliphatic rings. The number of para-hydroxylation sites is 1. The minimum Gasteiger partial charge on any atom is -0.426 e. The minimum atomic E-state index is -0.971. The summed E-state index contributed by atoms with van der Waals surface area (Å²) in [6.45, 7) is 1.19. The molecule has 0 amide bonds. The lowest BCUT2D eigenvalue weighted by atomic mass is 10.2. The van der Waals surface area contributed by atoms with Crippen LogP contribution in [0.2, 0.25) is 0 Å². The summed E-state index contributed by atoms with van der Waals surface area (Å²) in [6.07, 6.45) is 0. The predicted octanol–water partition coefficient (Wildman–Crippen LogP) is 1.45. The van der Waals surface area contributed by atoms with Gasteiger partial charge in [-0.15, -0.1) is 4.91 Å². The third-order valence-corrected chi connectivity index (χ3v) is 1.48. The molecule has 0 aliphatic carbocycles. The maximum Gasteiger partial charge on any atom is 0.373 e. The van der Waals surface area contributed by atoms with Crippen LogP contribution < -0.4 is 4.74 Å². The second-order valence-corrected chi connectivity index (χ2v) is 2.54. The van der Waals surface area contributed by atoms with E-state index in [-0.39, 0.29) is 11.3 Å². The number of nitrogens with zero attached hydrogens (tertiary/aromatic N) is 1. The van der Waals surface area contributed by atoms with Gasteiger partial charge in [0.1, 0.15) is 11.3 Å². The summed E-state index contributed by atoms with van der Waals surface area (Å²) in [7, 11) is 0. The normalized spacial score (nSPS) is 9.13. The van der Waals surface area contributed by atoms with E-state index < -0.39 is 11.9 Å². The summed E-state index contributed by atoms with van der Waals surface area (Å²) in [6, 6.07) is 5.87. The number of rotatable bonds is 3. The molecule has 0 radical (unpaired) electrons. The van der Waals surface area contributed by atoms with Gasteiger partial charge in [-0.2, -0.15) is 0 Å². The molecule has 15 heavy (non-hydrogen) atoms. The monoisotopic (exact) mass is 209 g/mol. The molecule has 1 aromatic carbocycles. The lowest BCUT2D eigenvalue weighted by molar-refractivity contribution is -0.131. The fourth-order valence-electron chi connectivity index (χ4n) is 0.962. The molecule has 6 heteroatoms. The van der Waals surface area contributed by atoms with E-state index in [4.69, 9.17) is 4.74 Å². The molecule has 0 spiro atoms. The summed E-state index contributed by atoms with van der Waals surface area (Å²) >= 11 is 0. The van der Waals surface area contributed by atoms with E-state index in [2.05, 4.69) is 4.84 Å². The second-order valence-electron chi connectivity index (χ2n) is 2.54. The standard InChI is InChI=1S/C9H7NO5/c1-6(11)14-8-5-3-2-4-7(8)9(12)15-10-13/h2-5H,1H3. The zero-order valence-corrected chi connectivity index (χ0v) is 7.80. The Hall–Kier alpha value is -2.24. The van der Waals surface area contributed by atoms with Crippen LogP contribution in [0.5, 0.6) is 5.75 Å². The van der Waals surface area contributed by atoms with Gasteiger partial charge in [0.15, 0.2) is 5.34 Å². The Kier molecular flexibility index (Phi) is 3.50. The van der Waals surface area contributed by atoms with Crippen LogP contribution in [-0.2, 0) is 9.63 Å². The smallest absolute Gasteiger partial charge is 0.373 e. The predicted molar refractivity (Wildman–Crippen MR) is 49.0 cm³/mol. The third kappa shape index (κ3) is 2.87. The third-order valence-electron chi connectivity index (χ3n) is 1.48. The van der Waals surface area contributed by atoms with Crippen molar-refractivity contribution in [3.63, 3.8) is 0 Å². The molecule has 0 saturated heterocycles. The van der Waals surface area contributed by atoms with Gasteiger partial charge in [-0.05, 0) is 12.1 Å². The van der Waals surface area contributed by atoms with E-state index in [1.165, 1.54) is 25.1 Å². The number of esters is 1.